The van der Waals surface area contributed by atoms with Gasteiger partial charge in [0.1, 0.15) is 18.2 Å². The van der Waals surface area contributed by atoms with Crippen molar-refractivity contribution in [3.63, 3.8) is 0 Å². The highest BCUT2D eigenvalue weighted by atomic mass is 16.5. The fourth-order valence-corrected chi connectivity index (χ4v) is 2.00. The molecule has 1 aromatic carbocycles. The molecule has 4 nitrogen and oxygen atoms in total. The van der Waals surface area contributed by atoms with Gasteiger partial charge in [-0.3, -0.25) is 0 Å². The molecule has 0 amide bonds. The molecule has 0 unspecified atom stereocenters. The smallest absolute Gasteiger partial charge is 0.123 e. The third kappa shape index (κ3) is 4.10. The molecule has 0 bridgehead atoms. The van der Waals surface area contributed by atoms with E-state index in [-0.39, 0.29) is 0 Å². The summed E-state index contributed by atoms with van der Waals surface area (Å²) in [7, 11) is 0. The number of aromatic nitrogens is 2. The largest absolute Gasteiger partial charge is 0.491 e. The molecule has 0 aliphatic rings. The van der Waals surface area contributed by atoms with Crippen LogP contribution in [-0.4, -0.2) is 22.2 Å². The van der Waals surface area contributed by atoms with Crippen molar-refractivity contribution in [2.45, 2.75) is 39.9 Å². The van der Waals surface area contributed by atoms with Crippen LogP contribution in [0.3, 0.4) is 0 Å². The van der Waals surface area contributed by atoms with E-state index in [9.17, 15) is 0 Å². The lowest BCUT2D eigenvalue weighted by Gasteiger charge is -2.14. The molecule has 108 valence electrons. The van der Waals surface area contributed by atoms with Crippen LogP contribution in [0.15, 0.2) is 36.7 Å². The minimum absolute atomic E-state index is 0.469. The third-order valence-corrected chi connectivity index (χ3v) is 3.19. The monoisotopic (exact) mass is 273 g/mol. The zero-order valence-corrected chi connectivity index (χ0v) is 12.5. The zero-order valence-electron chi connectivity index (χ0n) is 12.5. The lowest BCUT2D eigenvalue weighted by Crippen LogP contribution is -2.22. The molecule has 0 saturated carbocycles. The van der Waals surface area contributed by atoms with Gasteiger partial charge in [-0.05, 0) is 13.0 Å². The van der Waals surface area contributed by atoms with E-state index in [2.05, 4.69) is 34.8 Å². The first-order chi connectivity index (χ1) is 9.66. The second-order valence-corrected chi connectivity index (χ2v) is 5.16. The average molecular weight is 273 g/mol. The maximum atomic E-state index is 5.91. The van der Waals surface area contributed by atoms with Crippen LogP contribution >= 0.6 is 0 Å². The molecule has 0 aliphatic carbocycles. The van der Waals surface area contributed by atoms with Gasteiger partial charge in [-0.25, -0.2) is 4.98 Å². The summed E-state index contributed by atoms with van der Waals surface area (Å²) in [6.07, 6.45) is 3.79. The van der Waals surface area contributed by atoms with Gasteiger partial charge in [-0.2, -0.15) is 0 Å². The van der Waals surface area contributed by atoms with Crippen LogP contribution in [0.2, 0.25) is 0 Å². The van der Waals surface area contributed by atoms with Gasteiger partial charge in [0.25, 0.3) is 0 Å². The van der Waals surface area contributed by atoms with Crippen LogP contribution in [0.1, 0.15) is 25.2 Å². The van der Waals surface area contributed by atoms with Crippen molar-refractivity contribution in [2.75, 3.05) is 6.61 Å². The van der Waals surface area contributed by atoms with E-state index in [0.717, 1.165) is 24.7 Å². The van der Waals surface area contributed by atoms with E-state index in [4.69, 9.17) is 4.74 Å². The first-order valence-corrected chi connectivity index (χ1v) is 7.08. The minimum Gasteiger partial charge on any atom is -0.491 e. The standard InChI is InChI=1S/C16H23N3O/c1-13(2)18-12-15-6-4-5-7-16(15)20-11-10-19-9-8-17-14(19)3/h4-9,13,18H,10-12H2,1-3H3. The summed E-state index contributed by atoms with van der Waals surface area (Å²) in [5, 5.41) is 3.42. The molecule has 0 saturated heterocycles. The topological polar surface area (TPSA) is 39.1 Å². The van der Waals surface area contributed by atoms with Crippen molar-refractivity contribution in [1.82, 2.24) is 14.9 Å². The summed E-state index contributed by atoms with van der Waals surface area (Å²) in [6, 6.07) is 8.66. The molecule has 2 aromatic rings. The van der Waals surface area contributed by atoms with Crippen molar-refractivity contribution in [1.29, 1.82) is 0 Å². The number of benzene rings is 1. The number of nitrogens with zero attached hydrogens (tertiary/aromatic N) is 2. The first kappa shape index (κ1) is 14.6. The van der Waals surface area contributed by atoms with Crippen LogP contribution < -0.4 is 10.1 Å². The molecule has 0 aliphatic heterocycles. The van der Waals surface area contributed by atoms with Gasteiger partial charge in [-0.1, -0.05) is 32.0 Å². The Kier molecular flexibility index (Phi) is 5.18. The predicted molar refractivity (Wildman–Crippen MR) is 80.9 cm³/mol. The van der Waals surface area contributed by atoms with Gasteiger partial charge in [0.05, 0.1) is 6.54 Å². The number of hydrogen-bond donors (Lipinski definition) is 1. The predicted octanol–water partition coefficient (Wildman–Crippen LogP) is 2.77. The van der Waals surface area contributed by atoms with Crippen molar-refractivity contribution in [2.24, 2.45) is 0 Å². The summed E-state index contributed by atoms with van der Waals surface area (Å²) < 4.78 is 8.00. The van der Waals surface area contributed by atoms with E-state index in [1.807, 2.05) is 37.5 Å². The molecular formula is C16H23N3O. The summed E-state index contributed by atoms with van der Waals surface area (Å²) in [5.41, 5.74) is 1.20. The van der Waals surface area contributed by atoms with Gasteiger partial charge in [0.15, 0.2) is 0 Å². The van der Waals surface area contributed by atoms with Gasteiger partial charge in [0.2, 0.25) is 0 Å². The number of aryl methyl sites for hydroxylation is 1. The average Bonchev–Trinajstić information content (AvgIpc) is 2.83. The van der Waals surface area contributed by atoms with Crippen LogP contribution in [-0.2, 0) is 13.1 Å². The minimum atomic E-state index is 0.469. The number of hydrogen-bond acceptors (Lipinski definition) is 3. The Balaban J connectivity index is 1.90. The number of para-hydroxylation sites is 1. The van der Waals surface area contributed by atoms with Crippen molar-refractivity contribution in [3.05, 3.63) is 48.0 Å². The Labute approximate surface area is 120 Å². The number of rotatable bonds is 7. The van der Waals surface area contributed by atoms with Crippen LogP contribution in [0.4, 0.5) is 0 Å². The first-order valence-electron chi connectivity index (χ1n) is 7.08. The Bertz CT molecular complexity index is 534. The molecule has 0 radical (unpaired) electrons. The maximum absolute atomic E-state index is 5.91. The van der Waals surface area contributed by atoms with Crippen LogP contribution in [0, 0.1) is 6.92 Å². The van der Waals surface area contributed by atoms with Crippen molar-refractivity contribution >= 4 is 0 Å². The third-order valence-electron chi connectivity index (χ3n) is 3.19. The van der Waals surface area contributed by atoms with E-state index >= 15 is 0 Å². The van der Waals surface area contributed by atoms with Crippen molar-refractivity contribution < 1.29 is 4.74 Å². The highest BCUT2D eigenvalue weighted by Gasteiger charge is 2.04. The maximum Gasteiger partial charge on any atom is 0.123 e. The number of ether oxygens (including phenoxy) is 1. The lowest BCUT2D eigenvalue weighted by atomic mass is 10.2. The second-order valence-electron chi connectivity index (χ2n) is 5.16. The van der Waals surface area contributed by atoms with Crippen LogP contribution in [0.5, 0.6) is 5.75 Å². The number of nitrogens with one attached hydrogen (secondary N) is 1. The van der Waals surface area contributed by atoms with Gasteiger partial charge >= 0.3 is 0 Å². The number of imidazole rings is 1. The van der Waals surface area contributed by atoms with Crippen molar-refractivity contribution in [3.8, 4) is 5.75 Å². The fraction of sp³-hybridized carbons (Fsp3) is 0.438. The molecule has 1 N–H and O–H groups in total. The second kappa shape index (κ2) is 7.10. The summed E-state index contributed by atoms with van der Waals surface area (Å²) in [5.74, 6) is 1.97. The highest BCUT2D eigenvalue weighted by molar-refractivity contribution is 5.33. The quantitative estimate of drug-likeness (QED) is 0.843. The van der Waals surface area contributed by atoms with E-state index in [1.165, 1.54) is 5.56 Å². The molecule has 0 atom stereocenters. The molecule has 4 heteroatoms. The van der Waals surface area contributed by atoms with E-state index in [0.29, 0.717) is 12.6 Å². The van der Waals surface area contributed by atoms with E-state index in [1.54, 1.807) is 0 Å². The highest BCUT2D eigenvalue weighted by Crippen LogP contribution is 2.18. The van der Waals surface area contributed by atoms with Gasteiger partial charge < -0.3 is 14.6 Å². The summed E-state index contributed by atoms with van der Waals surface area (Å²) in [6.45, 7) is 8.59. The zero-order chi connectivity index (χ0) is 14.4. The Morgan fingerprint density at radius 3 is 2.80 bits per heavy atom. The molecule has 20 heavy (non-hydrogen) atoms. The van der Waals surface area contributed by atoms with Gasteiger partial charge in [-0.15, -0.1) is 0 Å². The molecule has 2 rings (SSSR count). The fourth-order valence-electron chi connectivity index (χ4n) is 2.00. The molecule has 1 aromatic heterocycles. The van der Waals surface area contributed by atoms with E-state index < -0.39 is 0 Å². The lowest BCUT2D eigenvalue weighted by molar-refractivity contribution is 0.293. The van der Waals surface area contributed by atoms with Gasteiger partial charge in [0, 0.05) is 30.5 Å². The molecule has 0 spiro atoms. The molecule has 0 fully saturated rings. The van der Waals surface area contributed by atoms with Crippen LogP contribution in [0.25, 0.3) is 0 Å². The normalized spacial score (nSPS) is 11.0. The Hall–Kier alpha value is -1.81. The summed E-state index contributed by atoms with van der Waals surface area (Å²) >= 11 is 0. The SMILES string of the molecule is Cc1nccn1CCOc1ccccc1CNC(C)C. The molecule has 1 heterocycles. The summed E-state index contributed by atoms with van der Waals surface area (Å²) in [4.78, 5) is 4.21. The Morgan fingerprint density at radius 1 is 1.30 bits per heavy atom. The Morgan fingerprint density at radius 2 is 2.10 bits per heavy atom. The molecular weight excluding hydrogens is 250 g/mol.